The summed E-state index contributed by atoms with van der Waals surface area (Å²) in [6.07, 6.45) is 4.90. The minimum atomic E-state index is -3.91. The van der Waals surface area contributed by atoms with Crippen LogP contribution in [0.4, 0.5) is 0 Å². The SMILES string of the molecule is C=CCCC1CC(Sc2ccccc2)=CC(=O)N1S(=O)(=O)c1ccc(C)cc1. The number of amides is 1. The molecule has 0 saturated heterocycles. The summed E-state index contributed by atoms with van der Waals surface area (Å²) in [6, 6.07) is 15.9. The van der Waals surface area contributed by atoms with Gasteiger partial charge in [-0.3, -0.25) is 4.79 Å². The van der Waals surface area contributed by atoms with Crippen molar-refractivity contribution in [2.24, 2.45) is 0 Å². The highest BCUT2D eigenvalue weighted by Crippen LogP contribution is 2.36. The Morgan fingerprint density at radius 2 is 1.82 bits per heavy atom. The second kappa shape index (κ2) is 8.80. The van der Waals surface area contributed by atoms with Crippen LogP contribution in [0.2, 0.25) is 0 Å². The van der Waals surface area contributed by atoms with Crippen LogP contribution in [-0.2, 0) is 14.8 Å². The van der Waals surface area contributed by atoms with Crippen LogP contribution in [0.25, 0.3) is 0 Å². The van der Waals surface area contributed by atoms with Crippen molar-refractivity contribution in [2.45, 2.75) is 42.0 Å². The minimum Gasteiger partial charge on any atom is -0.269 e. The number of carbonyl (C=O) groups excluding carboxylic acids is 1. The van der Waals surface area contributed by atoms with Crippen molar-refractivity contribution in [2.75, 3.05) is 0 Å². The maximum atomic E-state index is 13.2. The topological polar surface area (TPSA) is 54.5 Å². The first-order valence-electron chi connectivity index (χ1n) is 9.11. The van der Waals surface area contributed by atoms with Crippen molar-refractivity contribution >= 4 is 27.7 Å². The van der Waals surface area contributed by atoms with Crippen LogP contribution in [-0.4, -0.2) is 24.7 Å². The predicted molar refractivity (Wildman–Crippen MR) is 113 cm³/mol. The summed E-state index contributed by atoms with van der Waals surface area (Å²) in [5.41, 5.74) is 0.966. The molecule has 0 aromatic heterocycles. The second-order valence-electron chi connectivity index (χ2n) is 6.70. The number of rotatable bonds is 7. The van der Waals surface area contributed by atoms with E-state index in [9.17, 15) is 13.2 Å². The van der Waals surface area contributed by atoms with Crippen LogP contribution in [0.15, 0.2) is 88.0 Å². The van der Waals surface area contributed by atoms with E-state index in [-0.39, 0.29) is 4.90 Å². The molecule has 6 heteroatoms. The molecule has 1 amide bonds. The Bertz CT molecular complexity index is 980. The first kappa shape index (κ1) is 20.4. The summed E-state index contributed by atoms with van der Waals surface area (Å²) in [4.78, 5) is 14.9. The number of hydrogen-bond acceptors (Lipinski definition) is 4. The lowest BCUT2D eigenvalue weighted by atomic mass is 10.0. The molecule has 0 radical (unpaired) electrons. The molecule has 4 nitrogen and oxygen atoms in total. The van der Waals surface area contributed by atoms with Gasteiger partial charge in [0.05, 0.1) is 10.9 Å². The molecule has 2 aromatic carbocycles. The molecular formula is C22H23NO3S2. The number of sulfonamides is 1. The highest BCUT2D eigenvalue weighted by Gasteiger charge is 2.38. The number of carbonyl (C=O) groups is 1. The highest BCUT2D eigenvalue weighted by molar-refractivity contribution is 8.03. The number of allylic oxidation sites excluding steroid dienone is 1. The number of nitrogens with zero attached hydrogens (tertiary/aromatic N) is 1. The zero-order valence-electron chi connectivity index (χ0n) is 15.7. The molecule has 1 aliphatic rings. The molecule has 3 rings (SSSR count). The third-order valence-electron chi connectivity index (χ3n) is 4.54. The van der Waals surface area contributed by atoms with E-state index >= 15 is 0 Å². The van der Waals surface area contributed by atoms with E-state index in [4.69, 9.17) is 0 Å². The van der Waals surface area contributed by atoms with Crippen LogP contribution in [0.3, 0.4) is 0 Å². The predicted octanol–water partition coefficient (Wildman–Crippen LogP) is 4.93. The number of aryl methyl sites for hydroxylation is 1. The molecule has 0 N–H and O–H groups in total. The molecule has 146 valence electrons. The van der Waals surface area contributed by atoms with Gasteiger partial charge in [0.2, 0.25) is 0 Å². The van der Waals surface area contributed by atoms with Gasteiger partial charge in [0.1, 0.15) is 0 Å². The van der Waals surface area contributed by atoms with Crippen LogP contribution >= 0.6 is 11.8 Å². The van der Waals surface area contributed by atoms with E-state index in [0.717, 1.165) is 19.7 Å². The Hall–Kier alpha value is -2.31. The fraction of sp³-hybridized carbons (Fsp3) is 0.227. The van der Waals surface area contributed by atoms with Gasteiger partial charge in [-0.1, -0.05) is 53.7 Å². The lowest BCUT2D eigenvalue weighted by molar-refractivity contribution is -0.123. The van der Waals surface area contributed by atoms with Crippen molar-refractivity contribution in [3.63, 3.8) is 0 Å². The van der Waals surface area contributed by atoms with Crippen LogP contribution in [0, 0.1) is 6.92 Å². The molecule has 1 unspecified atom stereocenters. The van der Waals surface area contributed by atoms with E-state index < -0.39 is 22.0 Å². The lowest BCUT2D eigenvalue weighted by Crippen LogP contribution is -2.46. The summed E-state index contributed by atoms with van der Waals surface area (Å²) in [5, 5.41) is 0. The summed E-state index contributed by atoms with van der Waals surface area (Å²) in [6.45, 7) is 5.63. The van der Waals surface area contributed by atoms with Crippen molar-refractivity contribution < 1.29 is 13.2 Å². The smallest absolute Gasteiger partial charge is 0.267 e. The Balaban J connectivity index is 1.93. The Labute approximate surface area is 171 Å². The second-order valence-corrected chi connectivity index (χ2v) is 9.72. The normalized spacial score (nSPS) is 17.3. The molecule has 0 saturated carbocycles. The zero-order valence-corrected chi connectivity index (χ0v) is 17.4. The lowest BCUT2D eigenvalue weighted by Gasteiger charge is -2.34. The third-order valence-corrected chi connectivity index (χ3v) is 7.46. The molecule has 28 heavy (non-hydrogen) atoms. The quantitative estimate of drug-likeness (QED) is 0.604. The maximum absolute atomic E-state index is 13.2. The van der Waals surface area contributed by atoms with Crippen LogP contribution in [0.1, 0.15) is 24.8 Å². The average molecular weight is 414 g/mol. The van der Waals surface area contributed by atoms with E-state index in [2.05, 4.69) is 6.58 Å². The van der Waals surface area contributed by atoms with Crippen molar-refractivity contribution in [3.8, 4) is 0 Å². The highest BCUT2D eigenvalue weighted by atomic mass is 32.2. The molecule has 1 aliphatic heterocycles. The summed E-state index contributed by atoms with van der Waals surface area (Å²) >= 11 is 1.51. The molecule has 1 heterocycles. The fourth-order valence-corrected chi connectivity index (χ4v) is 5.74. The van der Waals surface area contributed by atoms with Crippen molar-refractivity contribution in [1.82, 2.24) is 4.31 Å². The fourth-order valence-electron chi connectivity index (χ4n) is 3.13. The van der Waals surface area contributed by atoms with Crippen molar-refractivity contribution in [3.05, 3.63) is 83.8 Å². The van der Waals surface area contributed by atoms with E-state index in [1.165, 1.54) is 17.8 Å². The first-order chi connectivity index (χ1) is 13.4. The summed E-state index contributed by atoms with van der Waals surface area (Å²) in [7, 11) is -3.91. The van der Waals surface area contributed by atoms with Crippen LogP contribution in [0.5, 0.6) is 0 Å². The van der Waals surface area contributed by atoms with E-state index in [1.807, 2.05) is 37.3 Å². The molecule has 2 aromatic rings. The van der Waals surface area contributed by atoms with Gasteiger partial charge in [-0.2, -0.15) is 0 Å². The van der Waals surface area contributed by atoms with Crippen LogP contribution < -0.4 is 0 Å². The summed E-state index contributed by atoms with van der Waals surface area (Å²) < 4.78 is 27.4. The van der Waals surface area contributed by atoms with Gasteiger partial charge in [-0.25, -0.2) is 12.7 Å². The monoisotopic (exact) mass is 413 g/mol. The molecule has 0 spiro atoms. The van der Waals surface area contributed by atoms with Gasteiger partial charge >= 0.3 is 0 Å². The van der Waals surface area contributed by atoms with Gasteiger partial charge in [0, 0.05) is 17.4 Å². The third kappa shape index (κ3) is 4.56. The number of hydrogen-bond donors (Lipinski definition) is 0. The number of thioether (sulfide) groups is 1. The van der Waals surface area contributed by atoms with Crippen molar-refractivity contribution in [1.29, 1.82) is 0 Å². The zero-order chi connectivity index (χ0) is 20.1. The Kier molecular flexibility index (Phi) is 6.42. The van der Waals surface area contributed by atoms with Gasteiger partial charge in [0.25, 0.3) is 15.9 Å². The van der Waals surface area contributed by atoms with Gasteiger partial charge in [0.15, 0.2) is 0 Å². The Morgan fingerprint density at radius 1 is 1.14 bits per heavy atom. The minimum absolute atomic E-state index is 0.141. The first-order valence-corrected chi connectivity index (χ1v) is 11.4. The van der Waals surface area contributed by atoms with Gasteiger partial charge < -0.3 is 0 Å². The average Bonchev–Trinajstić information content (AvgIpc) is 2.67. The standard InChI is InChI=1S/C22H23NO3S2/c1-3-4-8-18-15-20(27-19-9-6-5-7-10-19)16-22(24)23(18)28(25,26)21-13-11-17(2)12-14-21/h3,5-7,9-14,16,18H,1,4,8,15H2,2H3. The molecule has 0 aliphatic carbocycles. The Morgan fingerprint density at radius 3 is 2.46 bits per heavy atom. The largest absolute Gasteiger partial charge is 0.269 e. The van der Waals surface area contributed by atoms with Gasteiger partial charge in [-0.05, 0) is 48.9 Å². The van der Waals surface area contributed by atoms with E-state index in [0.29, 0.717) is 19.3 Å². The molecule has 0 bridgehead atoms. The summed E-state index contributed by atoms with van der Waals surface area (Å²) in [5.74, 6) is -0.487. The van der Waals surface area contributed by atoms with E-state index in [1.54, 1.807) is 30.3 Å². The van der Waals surface area contributed by atoms with Gasteiger partial charge in [-0.15, -0.1) is 6.58 Å². The molecule has 0 fully saturated rings. The molecular weight excluding hydrogens is 390 g/mol. The maximum Gasteiger partial charge on any atom is 0.267 e. The number of benzene rings is 2. The molecule has 1 atom stereocenters.